The number of carbonyl (C=O) groups excluding carboxylic acids is 1. The fourth-order valence-electron chi connectivity index (χ4n) is 2.63. The van der Waals surface area contributed by atoms with E-state index in [-0.39, 0.29) is 5.78 Å². The van der Waals surface area contributed by atoms with E-state index < -0.39 is 0 Å². The number of rotatable bonds is 3. The van der Waals surface area contributed by atoms with E-state index in [4.69, 9.17) is 4.74 Å². The Hall–Kier alpha value is -2.55. The Labute approximate surface area is 123 Å². The maximum atomic E-state index is 12.8. The monoisotopic (exact) mass is 279 g/mol. The van der Waals surface area contributed by atoms with Crippen molar-refractivity contribution in [2.75, 3.05) is 7.11 Å². The van der Waals surface area contributed by atoms with Crippen molar-refractivity contribution in [3.05, 3.63) is 64.8 Å². The van der Waals surface area contributed by atoms with Crippen LogP contribution in [0.25, 0.3) is 10.9 Å². The van der Waals surface area contributed by atoms with Crippen LogP contribution in [0.5, 0.6) is 5.75 Å². The molecule has 1 N–H and O–H groups in total. The van der Waals surface area contributed by atoms with Crippen molar-refractivity contribution in [1.29, 1.82) is 0 Å². The Kier molecular flexibility index (Phi) is 3.26. The summed E-state index contributed by atoms with van der Waals surface area (Å²) in [5.74, 6) is 0.781. The molecule has 0 atom stereocenters. The molecule has 0 aliphatic carbocycles. The summed E-state index contributed by atoms with van der Waals surface area (Å²) in [6.07, 6.45) is 1.77. The molecule has 3 heteroatoms. The van der Waals surface area contributed by atoms with E-state index in [1.165, 1.54) is 0 Å². The van der Waals surface area contributed by atoms with Gasteiger partial charge in [-0.15, -0.1) is 0 Å². The van der Waals surface area contributed by atoms with Crippen molar-refractivity contribution in [3.8, 4) is 5.75 Å². The highest BCUT2D eigenvalue weighted by Gasteiger charge is 2.16. The van der Waals surface area contributed by atoms with Gasteiger partial charge in [0.1, 0.15) is 5.75 Å². The molecule has 1 heterocycles. The van der Waals surface area contributed by atoms with Crippen LogP contribution in [-0.4, -0.2) is 17.9 Å². The van der Waals surface area contributed by atoms with Crippen molar-refractivity contribution in [1.82, 2.24) is 4.98 Å². The third-order valence-electron chi connectivity index (χ3n) is 3.76. The van der Waals surface area contributed by atoms with Crippen LogP contribution >= 0.6 is 0 Å². The number of aromatic amines is 1. The highest BCUT2D eigenvalue weighted by Crippen LogP contribution is 2.26. The predicted molar refractivity (Wildman–Crippen MR) is 84.2 cm³/mol. The van der Waals surface area contributed by atoms with Gasteiger partial charge < -0.3 is 9.72 Å². The van der Waals surface area contributed by atoms with Crippen LogP contribution < -0.4 is 4.74 Å². The van der Waals surface area contributed by atoms with Gasteiger partial charge in [0.25, 0.3) is 0 Å². The topological polar surface area (TPSA) is 42.1 Å². The molecule has 0 saturated heterocycles. The zero-order chi connectivity index (χ0) is 15.0. The number of hydrogen-bond donors (Lipinski definition) is 1. The normalized spacial score (nSPS) is 10.8. The number of hydrogen-bond acceptors (Lipinski definition) is 2. The molecule has 3 aromatic rings. The maximum Gasteiger partial charge on any atom is 0.195 e. The lowest BCUT2D eigenvalue weighted by molar-refractivity contribution is 0.104. The molecular formula is C18H17NO2. The van der Waals surface area contributed by atoms with E-state index in [1.807, 2.05) is 50.2 Å². The first-order valence-corrected chi connectivity index (χ1v) is 6.87. The third kappa shape index (κ3) is 2.31. The summed E-state index contributed by atoms with van der Waals surface area (Å²) in [6, 6.07) is 11.6. The van der Waals surface area contributed by atoms with Crippen LogP contribution in [0.3, 0.4) is 0 Å². The van der Waals surface area contributed by atoms with Crippen LogP contribution in [0.4, 0.5) is 0 Å². The first-order valence-electron chi connectivity index (χ1n) is 6.87. The zero-order valence-corrected chi connectivity index (χ0v) is 12.4. The van der Waals surface area contributed by atoms with Crippen LogP contribution in [0, 0.1) is 13.8 Å². The SMILES string of the molecule is COc1ccc2[nH]cc(C(=O)c3ccc(C)cc3C)c2c1. The second-order valence-corrected chi connectivity index (χ2v) is 5.26. The molecule has 0 fully saturated rings. The van der Waals surface area contributed by atoms with Gasteiger partial charge in [0.15, 0.2) is 5.78 Å². The van der Waals surface area contributed by atoms with Gasteiger partial charge >= 0.3 is 0 Å². The van der Waals surface area contributed by atoms with Gasteiger partial charge in [-0.25, -0.2) is 0 Å². The Morgan fingerprint density at radius 3 is 2.57 bits per heavy atom. The second kappa shape index (κ2) is 5.09. The van der Waals surface area contributed by atoms with Crippen LogP contribution in [-0.2, 0) is 0 Å². The summed E-state index contributed by atoms with van der Waals surface area (Å²) in [7, 11) is 1.62. The van der Waals surface area contributed by atoms with E-state index in [9.17, 15) is 4.79 Å². The molecular weight excluding hydrogens is 262 g/mol. The van der Waals surface area contributed by atoms with E-state index in [0.29, 0.717) is 5.56 Å². The second-order valence-electron chi connectivity index (χ2n) is 5.26. The summed E-state index contributed by atoms with van der Waals surface area (Å²) in [5.41, 5.74) is 4.51. The molecule has 0 aliphatic rings. The van der Waals surface area contributed by atoms with E-state index >= 15 is 0 Å². The summed E-state index contributed by atoms with van der Waals surface area (Å²) in [5, 5.41) is 0.888. The minimum atomic E-state index is 0.0343. The molecule has 1 aromatic heterocycles. The largest absolute Gasteiger partial charge is 0.497 e. The van der Waals surface area contributed by atoms with Gasteiger partial charge in [-0.05, 0) is 37.6 Å². The molecule has 0 aliphatic heterocycles. The predicted octanol–water partition coefficient (Wildman–Crippen LogP) is 4.02. The Morgan fingerprint density at radius 1 is 1.05 bits per heavy atom. The molecule has 0 bridgehead atoms. The lowest BCUT2D eigenvalue weighted by Crippen LogP contribution is -2.03. The molecule has 21 heavy (non-hydrogen) atoms. The number of fused-ring (bicyclic) bond motifs is 1. The minimum absolute atomic E-state index is 0.0343. The third-order valence-corrected chi connectivity index (χ3v) is 3.76. The van der Waals surface area contributed by atoms with Crippen LogP contribution in [0.1, 0.15) is 27.0 Å². The van der Waals surface area contributed by atoms with Crippen molar-refractivity contribution in [2.45, 2.75) is 13.8 Å². The van der Waals surface area contributed by atoms with Crippen molar-refractivity contribution < 1.29 is 9.53 Å². The van der Waals surface area contributed by atoms with Crippen molar-refractivity contribution in [2.24, 2.45) is 0 Å². The fraction of sp³-hybridized carbons (Fsp3) is 0.167. The highest BCUT2D eigenvalue weighted by atomic mass is 16.5. The van der Waals surface area contributed by atoms with Crippen LogP contribution in [0.15, 0.2) is 42.6 Å². The first kappa shape index (κ1) is 13.4. The molecule has 0 radical (unpaired) electrons. The quantitative estimate of drug-likeness (QED) is 0.736. The van der Waals surface area contributed by atoms with Gasteiger partial charge in [-0.3, -0.25) is 4.79 Å². The minimum Gasteiger partial charge on any atom is -0.497 e. The fourth-order valence-corrected chi connectivity index (χ4v) is 2.63. The Balaban J connectivity index is 2.13. The maximum absolute atomic E-state index is 12.8. The Morgan fingerprint density at radius 2 is 1.86 bits per heavy atom. The number of ether oxygens (including phenoxy) is 1. The van der Waals surface area contributed by atoms with E-state index in [1.54, 1.807) is 13.3 Å². The highest BCUT2D eigenvalue weighted by molar-refractivity contribution is 6.17. The Bertz CT molecular complexity index is 830. The number of ketones is 1. The lowest BCUT2D eigenvalue weighted by Gasteiger charge is -2.06. The summed E-state index contributed by atoms with van der Waals surface area (Å²) >= 11 is 0. The zero-order valence-electron chi connectivity index (χ0n) is 12.4. The molecule has 0 unspecified atom stereocenters. The summed E-state index contributed by atoms with van der Waals surface area (Å²) in [4.78, 5) is 15.9. The van der Waals surface area contributed by atoms with Gasteiger partial charge in [0.2, 0.25) is 0 Å². The summed E-state index contributed by atoms with van der Waals surface area (Å²) in [6.45, 7) is 3.99. The van der Waals surface area contributed by atoms with Crippen LogP contribution in [0.2, 0.25) is 0 Å². The average molecular weight is 279 g/mol. The molecule has 3 nitrogen and oxygen atoms in total. The molecule has 106 valence electrons. The number of aryl methyl sites for hydroxylation is 2. The molecule has 0 spiro atoms. The van der Waals surface area contributed by atoms with Crippen molar-refractivity contribution in [3.63, 3.8) is 0 Å². The molecule has 3 rings (SSSR count). The number of methoxy groups -OCH3 is 1. The number of H-pyrrole nitrogens is 1. The average Bonchev–Trinajstić information content (AvgIpc) is 2.89. The molecule has 0 saturated carbocycles. The van der Waals surface area contributed by atoms with Gasteiger partial charge in [-0.1, -0.05) is 23.8 Å². The number of benzene rings is 2. The van der Waals surface area contributed by atoms with E-state index in [0.717, 1.165) is 33.3 Å². The first-order chi connectivity index (χ1) is 10.1. The standard InChI is InChI=1S/C18H17NO2/c1-11-4-6-14(12(2)8-11)18(20)16-10-19-17-7-5-13(21-3)9-15(16)17/h4-10,19H,1-3H3. The molecule has 2 aromatic carbocycles. The molecule has 0 amide bonds. The van der Waals surface area contributed by atoms with Gasteiger partial charge in [0, 0.05) is 28.2 Å². The van der Waals surface area contributed by atoms with Gasteiger partial charge in [-0.2, -0.15) is 0 Å². The van der Waals surface area contributed by atoms with Gasteiger partial charge in [0.05, 0.1) is 7.11 Å². The number of aromatic nitrogens is 1. The number of nitrogens with one attached hydrogen (secondary N) is 1. The van der Waals surface area contributed by atoms with Crippen molar-refractivity contribution >= 4 is 16.7 Å². The smallest absolute Gasteiger partial charge is 0.195 e. The lowest BCUT2D eigenvalue weighted by atomic mass is 9.97. The summed E-state index contributed by atoms with van der Waals surface area (Å²) < 4.78 is 5.25. The van der Waals surface area contributed by atoms with E-state index in [2.05, 4.69) is 4.98 Å². The number of carbonyl (C=O) groups is 1.